The van der Waals surface area contributed by atoms with Crippen LogP contribution in [0.15, 0.2) is 71.8 Å². The minimum Gasteiger partial charge on any atom is -0.297 e. The predicted molar refractivity (Wildman–Crippen MR) is 111 cm³/mol. The van der Waals surface area contributed by atoms with E-state index in [4.69, 9.17) is 0 Å². The number of sulfonamides is 1. The third-order valence-corrected chi connectivity index (χ3v) is 7.46. The summed E-state index contributed by atoms with van der Waals surface area (Å²) in [4.78, 5) is 6.98. The van der Waals surface area contributed by atoms with E-state index in [1.54, 1.807) is 22.6 Å². The van der Waals surface area contributed by atoms with Crippen LogP contribution in [0, 0.1) is 0 Å². The highest BCUT2D eigenvalue weighted by molar-refractivity contribution is 7.89. The molecule has 0 amide bonds. The van der Waals surface area contributed by atoms with Crippen molar-refractivity contribution in [3.05, 3.63) is 72.4 Å². The van der Waals surface area contributed by atoms with E-state index in [1.165, 1.54) is 5.56 Å². The molecule has 0 radical (unpaired) electrons. The van der Waals surface area contributed by atoms with Gasteiger partial charge < -0.3 is 0 Å². The van der Waals surface area contributed by atoms with Gasteiger partial charge in [0.15, 0.2) is 0 Å². The van der Waals surface area contributed by atoms with Crippen molar-refractivity contribution < 1.29 is 8.42 Å². The first-order chi connectivity index (χ1) is 13.6. The van der Waals surface area contributed by atoms with Crippen molar-refractivity contribution in [1.82, 2.24) is 14.2 Å². The lowest BCUT2D eigenvalue weighted by Gasteiger charge is -2.27. The Hall–Kier alpha value is -2.28. The second-order valence-electron chi connectivity index (χ2n) is 7.20. The summed E-state index contributed by atoms with van der Waals surface area (Å²) in [6.45, 7) is 4.87. The van der Waals surface area contributed by atoms with Crippen molar-refractivity contribution in [3.8, 4) is 0 Å². The Kier molecular flexibility index (Phi) is 5.44. The van der Waals surface area contributed by atoms with Crippen LogP contribution in [0.25, 0.3) is 10.9 Å². The van der Waals surface area contributed by atoms with Crippen LogP contribution in [0.5, 0.6) is 0 Å². The molecular formula is C22H25N3O2S. The normalized spacial score (nSPS) is 18.1. The van der Waals surface area contributed by atoms with Crippen molar-refractivity contribution in [3.63, 3.8) is 0 Å². The summed E-state index contributed by atoms with van der Waals surface area (Å²) >= 11 is 0. The van der Waals surface area contributed by atoms with Crippen molar-refractivity contribution >= 4 is 20.9 Å². The molecule has 4 rings (SSSR count). The van der Waals surface area contributed by atoms with Crippen LogP contribution in [-0.4, -0.2) is 48.3 Å². The Morgan fingerprint density at radius 2 is 1.86 bits per heavy atom. The number of benzene rings is 2. The Balaban J connectivity index is 1.58. The van der Waals surface area contributed by atoms with Crippen molar-refractivity contribution in [1.29, 1.82) is 0 Å². The minimum atomic E-state index is -3.61. The second-order valence-corrected chi connectivity index (χ2v) is 9.06. The largest absolute Gasteiger partial charge is 0.297 e. The van der Waals surface area contributed by atoms with E-state index in [2.05, 4.69) is 22.0 Å². The lowest BCUT2D eigenvalue weighted by Crippen LogP contribution is -2.41. The van der Waals surface area contributed by atoms with Gasteiger partial charge in [0.1, 0.15) is 4.90 Å². The van der Waals surface area contributed by atoms with Crippen LogP contribution in [0.4, 0.5) is 0 Å². The SMILES string of the molecule is CCN(C1CCN(Cc2ccccc2)C1)S(=O)(=O)c1cccc2cccnc12. The summed E-state index contributed by atoms with van der Waals surface area (Å²) in [6.07, 6.45) is 2.49. The molecule has 1 unspecified atom stereocenters. The molecule has 1 aromatic heterocycles. The molecule has 0 N–H and O–H groups in total. The van der Waals surface area contributed by atoms with E-state index < -0.39 is 10.0 Å². The maximum atomic E-state index is 13.5. The molecule has 2 heterocycles. The molecule has 0 bridgehead atoms. The molecule has 0 saturated carbocycles. The van der Waals surface area contributed by atoms with Gasteiger partial charge in [0.2, 0.25) is 10.0 Å². The number of likely N-dealkylation sites (N-methyl/N-ethyl adjacent to an activating group) is 1. The van der Waals surface area contributed by atoms with Gasteiger partial charge in [-0.3, -0.25) is 9.88 Å². The fraction of sp³-hybridized carbons (Fsp3) is 0.318. The Labute approximate surface area is 166 Å². The maximum absolute atomic E-state index is 13.5. The summed E-state index contributed by atoms with van der Waals surface area (Å²) in [7, 11) is -3.61. The van der Waals surface area contributed by atoms with Gasteiger partial charge in [0, 0.05) is 43.8 Å². The third-order valence-electron chi connectivity index (χ3n) is 5.40. The standard InChI is InChI=1S/C22H25N3O2S/c1-2-25(20-13-15-24(17-20)16-18-8-4-3-5-9-18)28(26,27)21-12-6-10-19-11-7-14-23-22(19)21/h3-12,14,20H,2,13,15-17H2,1H3. The molecule has 5 nitrogen and oxygen atoms in total. The average Bonchev–Trinajstić information content (AvgIpc) is 3.16. The highest BCUT2D eigenvalue weighted by Crippen LogP contribution is 2.28. The lowest BCUT2D eigenvalue weighted by atomic mass is 10.2. The summed E-state index contributed by atoms with van der Waals surface area (Å²) in [5, 5.41) is 0.844. The summed E-state index contributed by atoms with van der Waals surface area (Å²) < 4.78 is 28.6. The number of hydrogen-bond acceptors (Lipinski definition) is 4. The first-order valence-electron chi connectivity index (χ1n) is 9.71. The highest BCUT2D eigenvalue weighted by Gasteiger charge is 2.35. The minimum absolute atomic E-state index is 0.0160. The van der Waals surface area contributed by atoms with Gasteiger partial charge in [-0.1, -0.05) is 55.5 Å². The molecular weight excluding hydrogens is 370 g/mol. The Morgan fingerprint density at radius 3 is 2.64 bits per heavy atom. The van der Waals surface area contributed by atoms with Crippen LogP contribution in [0.2, 0.25) is 0 Å². The summed E-state index contributed by atoms with van der Waals surface area (Å²) in [5.74, 6) is 0. The molecule has 0 aliphatic carbocycles. The number of para-hydroxylation sites is 1. The first kappa shape index (κ1) is 19.1. The number of fused-ring (bicyclic) bond motifs is 1. The second kappa shape index (κ2) is 7.99. The number of hydrogen-bond donors (Lipinski definition) is 0. The van der Waals surface area contributed by atoms with Crippen LogP contribution < -0.4 is 0 Å². The topological polar surface area (TPSA) is 53.5 Å². The zero-order valence-electron chi connectivity index (χ0n) is 16.0. The lowest BCUT2D eigenvalue weighted by molar-refractivity contribution is 0.285. The van der Waals surface area contributed by atoms with E-state index in [0.29, 0.717) is 17.0 Å². The van der Waals surface area contributed by atoms with Crippen LogP contribution in [0.1, 0.15) is 18.9 Å². The molecule has 146 valence electrons. The zero-order chi connectivity index (χ0) is 19.6. The van der Waals surface area contributed by atoms with Gasteiger partial charge in [-0.2, -0.15) is 4.31 Å². The third kappa shape index (κ3) is 3.68. The first-order valence-corrected chi connectivity index (χ1v) is 11.2. The number of aromatic nitrogens is 1. The maximum Gasteiger partial charge on any atom is 0.245 e. The smallest absolute Gasteiger partial charge is 0.245 e. The number of rotatable bonds is 6. The van der Waals surface area contributed by atoms with Crippen LogP contribution in [0.3, 0.4) is 0 Å². The zero-order valence-corrected chi connectivity index (χ0v) is 16.8. The Morgan fingerprint density at radius 1 is 1.07 bits per heavy atom. The molecule has 2 aromatic carbocycles. The molecule has 0 spiro atoms. The van der Waals surface area contributed by atoms with E-state index in [-0.39, 0.29) is 6.04 Å². The predicted octanol–water partition coefficient (Wildman–Crippen LogP) is 3.52. The molecule has 6 heteroatoms. The fourth-order valence-corrected chi connectivity index (χ4v) is 5.89. The molecule has 1 aliphatic rings. The van der Waals surface area contributed by atoms with Crippen molar-refractivity contribution in [2.75, 3.05) is 19.6 Å². The summed E-state index contributed by atoms with van der Waals surface area (Å²) in [6, 6.07) is 19.4. The number of likely N-dealkylation sites (tertiary alicyclic amines) is 1. The molecule has 1 saturated heterocycles. The van der Waals surface area contributed by atoms with Crippen LogP contribution in [-0.2, 0) is 16.6 Å². The van der Waals surface area contributed by atoms with E-state index in [1.807, 2.05) is 43.3 Å². The molecule has 1 fully saturated rings. The van der Waals surface area contributed by atoms with Crippen molar-refractivity contribution in [2.45, 2.75) is 30.8 Å². The van der Waals surface area contributed by atoms with Gasteiger partial charge in [0.25, 0.3) is 0 Å². The van der Waals surface area contributed by atoms with E-state index in [9.17, 15) is 8.42 Å². The van der Waals surface area contributed by atoms with Gasteiger partial charge in [-0.25, -0.2) is 8.42 Å². The molecule has 3 aromatic rings. The highest BCUT2D eigenvalue weighted by atomic mass is 32.2. The number of nitrogens with zero attached hydrogens (tertiary/aromatic N) is 3. The van der Waals surface area contributed by atoms with Crippen molar-refractivity contribution in [2.24, 2.45) is 0 Å². The Bertz CT molecular complexity index is 1050. The monoisotopic (exact) mass is 395 g/mol. The molecule has 28 heavy (non-hydrogen) atoms. The van der Waals surface area contributed by atoms with Crippen LogP contribution >= 0.6 is 0 Å². The fourth-order valence-electron chi connectivity index (χ4n) is 4.07. The average molecular weight is 396 g/mol. The van der Waals surface area contributed by atoms with Gasteiger partial charge in [0.05, 0.1) is 5.52 Å². The van der Waals surface area contributed by atoms with E-state index in [0.717, 1.165) is 31.4 Å². The molecule has 1 atom stereocenters. The van der Waals surface area contributed by atoms with Gasteiger partial charge in [-0.15, -0.1) is 0 Å². The van der Waals surface area contributed by atoms with Gasteiger partial charge in [-0.05, 0) is 24.1 Å². The van der Waals surface area contributed by atoms with Gasteiger partial charge >= 0.3 is 0 Å². The van der Waals surface area contributed by atoms with E-state index >= 15 is 0 Å². The quantitative estimate of drug-likeness (QED) is 0.641. The summed E-state index contributed by atoms with van der Waals surface area (Å²) in [5.41, 5.74) is 1.80. The molecule has 1 aliphatic heterocycles. The number of pyridine rings is 1.